The number of nitrogens with zero attached hydrogens (tertiary/aromatic N) is 2. The smallest absolute Gasteiger partial charge is 0.351 e. The number of anilines is 1. The second-order valence-corrected chi connectivity index (χ2v) is 5.37. The number of hydrogen-bond acceptors (Lipinski definition) is 8. The molecule has 1 unspecified atom stereocenters. The second-order valence-electron chi connectivity index (χ2n) is 4.61. The Labute approximate surface area is 126 Å². The first-order valence-corrected chi connectivity index (χ1v) is 7.86. The molecule has 0 aliphatic carbocycles. The maximum atomic E-state index is 11.8. The summed E-state index contributed by atoms with van der Waals surface area (Å²) in [7, 11) is -3.30. The normalized spacial score (nSPS) is 29.6. The van der Waals surface area contributed by atoms with E-state index in [0.29, 0.717) is 6.61 Å². The van der Waals surface area contributed by atoms with Crippen LogP contribution in [-0.4, -0.2) is 51.1 Å². The van der Waals surface area contributed by atoms with Crippen LogP contribution in [0.3, 0.4) is 0 Å². The number of nitrogen functional groups attached to an aromatic ring is 1. The van der Waals surface area contributed by atoms with Crippen LogP contribution in [0.4, 0.5) is 5.82 Å². The van der Waals surface area contributed by atoms with Crippen molar-refractivity contribution in [2.45, 2.75) is 31.5 Å². The van der Waals surface area contributed by atoms with Gasteiger partial charge in [0.1, 0.15) is 24.1 Å². The lowest BCUT2D eigenvalue weighted by Gasteiger charge is -2.18. The molecule has 10 nitrogen and oxygen atoms in total. The molecular weight excluding hydrogens is 317 g/mol. The molecule has 0 spiro atoms. The van der Waals surface area contributed by atoms with Crippen molar-refractivity contribution in [3.63, 3.8) is 0 Å². The first-order valence-electron chi connectivity index (χ1n) is 6.59. The SMILES string of the molecule is CCOC[C@H]1O[C@@H](n2ccc(N)nc2=O)[C@H](O)[C@@H]1O[PH](=O)O. The van der Waals surface area contributed by atoms with Gasteiger partial charge in [0.05, 0.1) is 6.61 Å². The maximum absolute atomic E-state index is 11.8. The monoisotopic (exact) mass is 335 g/mol. The van der Waals surface area contributed by atoms with Gasteiger partial charge in [-0.1, -0.05) is 0 Å². The third-order valence-corrected chi connectivity index (χ3v) is 3.63. The maximum Gasteiger partial charge on any atom is 0.351 e. The van der Waals surface area contributed by atoms with Gasteiger partial charge in [-0.15, -0.1) is 0 Å². The molecule has 0 radical (unpaired) electrons. The topological polar surface area (TPSA) is 146 Å². The molecule has 5 atom stereocenters. The Balaban J connectivity index is 2.25. The van der Waals surface area contributed by atoms with Crippen molar-refractivity contribution in [2.75, 3.05) is 18.9 Å². The predicted molar refractivity (Wildman–Crippen MR) is 75.4 cm³/mol. The van der Waals surface area contributed by atoms with Crippen LogP contribution in [0.5, 0.6) is 0 Å². The van der Waals surface area contributed by atoms with Gasteiger partial charge < -0.3 is 29.7 Å². The van der Waals surface area contributed by atoms with Crippen LogP contribution in [-0.2, 0) is 18.6 Å². The summed E-state index contributed by atoms with van der Waals surface area (Å²) in [6.07, 6.45) is -3.03. The lowest BCUT2D eigenvalue weighted by atomic mass is 10.1. The summed E-state index contributed by atoms with van der Waals surface area (Å²) >= 11 is 0. The van der Waals surface area contributed by atoms with Crippen molar-refractivity contribution in [2.24, 2.45) is 0 Å². The molecule has 0 bridgehead atoms. The van der Waals surface area contributed by atoms with Crippen LogP contribution in [0.2, 0.25) is 0 Å². The average Bonchev–Trinajstić information content (AvgIpc) is 2.73. The zero-order chi connectivity index (χ0) is 16.3. The van der Waals surface area contributed by atoms with E-state index in [1.54, 1.807) is 6.92 Å². The van der Waals surface area contributed by atoms with E-state index in [1.807, 2.05) is 0 Å². The van der Waals surface area contributed by atoms with Gasteiger partial charge in [0.15, 0.2) is 6.23 Å². The van der Waals surface area contributed by atoms with E-state index in [-0.39, 0.29) is 12.4 Å². The van der Waals surface area contributed by atoms with Gasteiger partial charge in [0.25, 0.3) is 0 Å². The summed E-state index contributed by atoms with van der Waals surface area (Å²) in [6, 6.07) is 1.37. The van der Waals surface area contributed by atoms with E-state index in [2.05, 4.69) is 4.98 Å². The van der Waals surface area contributed by atoms with Gasteiger partial charge >= 0.3 is 13.9 Å². The van der Waals surface area contributed by atoms with E-state index >= 15 is 0 Å². The molecular formula is C11H18N3O7P. The number of rotatable bonds is 6. The third kappa shape index (κ3) is 3.72. The van der Waals surface area contributed by atoms with Crippen LogP contribution < -0.4 is 11.4 Å². The van der Waals surface area contributed by atoms with Crippen LogP contribution >= 0.6 is 8.25 Å². The quantitative estimate of drug-likeness (QED) is 0.550. The van der Waals surface area contributed by atoms with Crippen LogP contribution in [0.1, 0.15) is 13.2 Å². The summed E-state index contributed by atoms with van der Waals surface area (Å²) in [4.78, 5) is 24.3. The zero-order valence-corrected chi connectivity index (χ0v) is 12.8. The first-order chi connectivity index (χ1) is 10.4. The summed E-state index contributed by atoms with van der Waals surface area (Å²) in [6.45, 7) is 2.20. The third-order valence-electron chi connectivity index (χ3n) is 3.16. The molecule has 1 aromatic heterocycles. The highest BCUT2D eigenvalue weighted by molar-refractivity contribution is 7.32. The molecule has 0 aromatic carbocycles. The standard InChI is InChI=1S/C11H18N3O7P/c1-2-19-5-6-9(21-22(17)18)8(15)10(20-6)14-4-3-7(12)13-11(14)16/h3-4,6,8-10,15,22H,2,5H2,1H3,(H,17,18)(H2,12,13,16)/t6-,8-,9-,10-/m1/s1. The number of aliphatic hydroxyl groups excluding tert-OH is 1. The van der Waals surface area contributed by atoms with Crippen LogP contribution in [0.15, 0.2) is 17.1 Å². The molecule has 11 heteroatoms. The fourth-order valence-corrected chi connectivity index (χ4v) is 2.72. The lowest BCUT2D eigenvalue weighted by molar-refractivity contribution is -0.0657. The van der Waals surface area contributed by atoms with E-state index in [4.69, 9.17) is 24.6 Å². The van der Waals surface area contributed by atoms with E-state index < -0.39 is 38.5 Å². The van der Waals surface area contributed by atoms with Gasteiger partial charge in [-0.3, -0.25) is 9.13 Å². The minimum atomic E-state index is -3.30. The molecule has 2 rings (SSSR count). The van der Waals surface area contributed by atoms with E-state index in [9.17, 15) is 14.5 Å². The number of aromatic nitrogens is 2. The molecule has 22 heavy (non-hydrogen) atoms. The van der Waals surface area contributed by atoms with Crippen molar-refractivity contribution < 1.29 is 28.6 Å². The highest BCUT2D eigenvalue weighted by Crippen LogP contribution is 2.35. The minimum Gasteiger partial charge on any atom is -0.386 e. The molecule has 1 aromatic rings. The van der Waals surface area contributed by atoms with Crippen molar-refractivity contribution >= 4 is 14.1 Å². The van der Waals surface area contributed by atoms with Gasteiger partial charge in [0.2, 0.25) is 0 Å². The highest BCUT2D eigenvalue weighted by atomic mass is 31.1. The Morgan fingerprint density at radius 2 is 2.32 bits per heavy atom. The number of ether oxygens (including phenoxy) is 2. The Bertz CT molecular complexity index is 595. The molecule has 4 N–H and O–H groups in total. The number of hydrogen-bond donors (Lipinski definition) is 3. The second kappa shape index (κ2) is 7.32. The summed E-state index contributed by atoms with van der Waals surface area (Å²) in [5.41, 5.74) is 4.69. The van der Waals surface area contributed by atoms with Crippen LogP contribution in [0.25, 0.3) is 0 Å². The molecule has 0 amide bonds. The fraction of sp³-hybridized carbons (Fsp3) is 0.636. The molecule has 1 aliphatic rings. The van der Waals surface area contributed by atoms with E-state index in [0.717, 1.165) is 4.57 Å². The molecule has 124 valence electrons. The van der Waals surface area contributed by atoms with Crippen molar-refractivity contribution in [1.29, 1.82) is 0 Å². The van der Waals surface area contributed by atoms with E-state index in [1.165, 1.54) is 12.3 Å². The highest BCUT2D eigenvalue weighted by Gasteiger charge is 2.46. The Hall–Kier alpha value is -1.29. The van der Waals surface area contributed by atoms with Gasteiger partial charge in [-0.2, -0.15) is 4.98 Å². The molecule has 1 saturated heterocycles. The minimum absolute atomic E-state index is 0.0350. The van der Waals surface area contributed by atoms with Gasteiger partial charge in [-0.25, -0.2) is 4.79 Å². The van der Waals surface area contributed by atoms with Crippen molar-refractivity contribution in [3.8, 4) is 0 Å². The summed E-state index contributed by atoms with van der Waals surface area (Å²) in [5, 5.41) is 10.3. The van der Waals surface area contributed by atoms with Crippen LogP contribution in [0, 0.1) is 0 Å². The van der Waals surface area contributed by atoms with Crippen molar-refractivity contribution in [3.05, 3.63) is 22.7 Å². The lowest BCUT2D eigenvalue weighted by Crippen LogP contribution is -2.37. The molecule has 2 heterocycles. The average molecular weight is 335 g/mol. The predicted octanol–water partition coefficient (Wildman–Crippen LogP) is -1.11. The largest absolute Gasteiger partial charge is 0.386 e. The van der Waals surface area contributed by atoms with Crippen molar-refractivity contribution in [1.82, 2.24) is 9.55 Å². The fourth-order valence-electron chi connectivity index (χ4n) is 2.20. The number of nitrogens with two attached hydrogens (primary N) is 1. The molecule has 1 aliphatic heterocycles. The Kier molecular flexibility index (Phi) is 5.68. The Morgan fingerprint density at radius 3 is 2.91 bits per heavy atom. The first kappa shape index (κ1) is 17.1. The molecule has 0 saturated carbocycles. The Morgan fingerprint density at radius 1 is 1.59 bits per heavy atom. The summed E-state index contributed by atoms with van der Waals surface area (Å²) < 4.78 is 27.6. The van der Waals surface area contributed by atoms with Gasteiger partial charge in [0, 0.05) is 12.8 Å². The zero-order valence-electron chi connectivity index (χ0n) is 11.8. The molecule has 1 fully saturated rings. The van der Waals surface area contributed by atoms with Gasteiger partial charge in [-0.05, 0) is 13.0 Å². The number of aliphatic hydroxyl groups is 1. The summed E-state index contributed by atoms with van der Waals surface area (Å²) in [5.74, 6) is 0.0350.